The molecule has 100 valence electrons. The van der Waals surface area contributed by atoms with Gasteiger partial charge in [0.15, 0.2) is 0 Å². The molecule has 16 heavy (non-hydrogen) atoms. The largest absolute Gasteiger partial charge is 1.00 e. The number of hydrogen-bond acceptors (Lipinski definition) is 0. The van der Waals surface area contributed by atoms with Gasteiger partial charge in [0.05, 0.1) is 30.4 Å². The van der Waals surface area contributed by atoms with E-state index in [2.05, 4.69) is 0 Å². The van der Waals surface area contributed by atoms with Crippen LogP contribution in [0.1, 0.15) is 95.7 Å². The van der Waals surface area contributed by atoms with Crippen molar-refractivity contribution >= 4 is 0 Å². The van der Waals surface area contributed by atoms with Crippen LogP contribution < -0.4 is 12.4 Å². The second kappa shape index (κ2) is 11.7. The van der Waals surface area contributed by atoms with E-state index in [1.165, 1.54) is 0 Å². The van der Waals surface area contributed by atoms with Crippen molar-refractivity contribution in [3.05, 3.63) is 0 Å². The summed E-state index contributed by atoms with van der Waals surface area (Å²) in [7, 11) is 3.18. The van der Waals surface area contributed by atoms with Gasteiger partial charge in [-0.25, -0.2) is 0 Å². The lowest BCUT2D eigenvalue weighted by Gasteiger charge is -2.23. The van der Waals surface area contributed by atoms with Gasteiger partial charge >= 0.3 is 0 Å². The maximum absolute atomic E-state index is 8.11. The van der Waals surface area contributed by atoms with Gasteiger partial charge in [-0.15, -0.1) is 0 Å². The summed E-state index contributed by atoms with van der Waals surface area (Å²) in [5, 5.41) is 0. The molecule has 0 fully saturated rings. The summed E-state index contributed by atoms with van der Waals surface area (Å²) in [6.45, 7) is -7.27. The van der Waals surface area contributed by atoms with E-state index >= 15 is 0 Å². The van der Waals surface area contributed by atoms with Crippen molar-refractivity contribution in [2.24, 2.45) is 0 Å². The molecule has 0 aliphatic heterocycles. The molecule has 0 aromatic heterocycles. The summed E-state index contributed by atoms with van der Waals surface area (Å²) >= 11 is 0. The Morgan fingerprint density at radius 2 is 1.25 bits per heavy atom. The SMILES string of the molecule is [2H]C([2H])([2H])C([2H])([2H])C([2H])([2H])C([2H])([2H])C([2H])([2H])C([2H])([2H])C([2H])([2H])C([2H])([2H])C([2H])([2H])C([2H])([2H])C([2H])([2H])[N+](C)(C)C.[Cl-]. The predicted molar refractivity (Wildman–Crippen MR) is 70.1 cm³/mol. The third-order valence-electron chi connectivity index (χ3n) is 0.891. The predicted octanol–water partition coefficient (Wildman–Crippen LogP) is 1.23. The lowest BCUT2D eigenvalue weighted by molar-refractivity contribution is -0.870. The van der Waals surface area contributed by atoms with E-state index in [-0.39, 0.29) is 12.4 Å². The molecule has 0 amide bonds. The Labute approximate surface area is 142 Å². The number of hydrogen-bond donors (Lipinski definition) is 0. The lowest BCUT2D eigenvalue weighted by Crippen LogP contribution is -3.00. The van der Waals surface area contributed by atoms with Crippen LogP contribution in [-0.2, 0) is 0 Å². The van der Waals surface area contributed by atoms with Crippen LogP contribution >= 0.6 is 0 Å². The summed E-state index contributed by atoms with van der Waals surface area (Å²) in [6.07, 6.45) is -40.0. The molecule has 1 nitrogen and oxygen atoms in total. The normalized spacial score (nSPS) is 42.3. The Morgan fingerprint density at radius 3 is 1.69 bits per heavy atom. The van der Waals surface area contributed by atoms with Crippen LogP contribution in [0.15, 0.2) is 0 Å². The minimum absolute atomic E-state index is 0. The van der Waals surface area contributed by atoms with Gasteiger partial charge in [0.25, 0.3) is 0 Å². The molecule has 0 rings (SSSR count). The third kappa shape index (κ3) is 16.7. The van der Waals surface area contributed by atoms with Gasteiger partial charge in [0, 0.05) is 28.8 Å². The monoisotopic (exact) mass is 272 g/mol. The summed E-state index contributed by atoms with van der Waals surface area (Å²) in [4.78, 5) is 0. The topological polar surface area (TPSA) is 0 Å². The molecule has 0 saturated carbocycles. The highest BCUT2D eigenvalue weighted by Gasteiger charge is 2.04. The van der Waals surface area contributed by atoms with Gasteiger partial charge in [0.2, 0.25) is 0 Å². The number of nitrogens with zero attached hydrogens (tertiary/aromatic N) is 1. The fourth-order valence-corrected chi connectivity index (χ4v) is 0.414. The Hall–Kier alpha value is 0.250. The summed E-state index contributed by atoms with van der Waals surface area (Å²) in [5.74, 6) is 0. The zero-order valence-corrected chi connectivity index (χ0v) is 10.1. The van der Waals surface area contributed by atoms with Crippen LogP contribution in [0.25, 0.3) is 0 Å². The Morgan fingerprint density at radius 1 is 0.812 bits per heavy atom. The van der Waals surface area contributed by atoms with E-state index in [1.807, 2.05) is 0 Å². The van der Waals surface area contributed by atoms with Gasteiger partial charge in [-0.2, -0.15) is 0 Å². The van der Waals surface area contributed by atoms with Crippen molar-refractivity contribution in [3.8, 4) is 0 Å². The molecule has 0 aromatic rings. The van der Waals surface area contributed by atoms with E-state index in [1.54, 1.807) is 0 Å². The van der Waals surface area contributed by atoms with E-state index < -0.39 is 75.2 Å². The smallest absolute Gasteiger partial charge is 0.0924 e. The van der Waals surface area contributed by atoms with Crippen molar-refractivity contribution in [1.82, 2.24) is 0 Å². The van der Waals surface area contributed by atoms with Crippen molar-refractivity contribution < 1.29 is 48.4 Å². The fourth-order valence-electron chi connectivity index (χ4n) is 0.414. The number of quaternary nitrogens is 1. The highest BCUT2D eigenvalue weighted by atomic mass is 35.5. The molecule has 0 bridgehead atoms. The quantitative estimate of drug-likeness (QED) is 0.525. The van der Waals surface area contributed by atoms with Gasteiger partial charge in [-0.3, -0.25) is 0 Å². The second-order valence-electron chi connectivity index (χ2n) is 3.25. The minimum atomic E-state index is -4.67. The maximum Gasteiger partial charge on any atom is 0.0924 e. The zero-order valence-electron chi connectivity index (χ0n) is 32.3. The first-order chi connectivity index (χ1) is 15.8. The second-order valence-corrected chi connectivity index (χ2v) is 3.25. The average Bonchev–Trinajstić information content (AvgIpc) is 2.64. The lowest BCUT2D eigenvalue weighted by atomic mass is 10.1. The van der Waals surface area contributed by atoms with Gasteiger partial charge in [-0.1, -0.05) is 51.5 Å². The summed E-state index contributed by atoms with van der Waals surface area (Å²) < 4.78 is 180. The van der Waals surface area contributed by atoms with Crippen molar-refractivity contribution in [3.63, 3.8) is 0 Å². The number of rotatable bonds is 10. The first-order valence-electron chi connectivity index (χ1n) is 15.6. The summed E-state index contributed by atoms with van der Waals surface area (Å²) in [6, 6.07) is 0. The van der Waals surface area contributed by atoms with Crippen molar-refractivity contribution in [2.75, 3.05) is 27.6 Å². The van der Waals surface area contributed by atoms with Crippen molar-refractivity contribution in [1.29, 1.82) is 0 Å². The highest BCUT2D eigenvalue weighted by molar-refractivity contribution is 4.46. The standard InChI is InChI=1S/C14H32N.ClH/c1-5-6-7-8-9-10-11-12-13-14-15(2,3)4;/h5-14H2,1-4H3;1H/q+1;/p-1/i1D3,5D2,6D2,7D2,8D2,9D2,10D2,11D2,12D2,13D2,14D2;. The molecule has 0 aromatic carbocycles. The molecule has 0 spiro atoms. The Bertz CT molecular complexity index is 806. The molecular weight excluding hydrogens is 218 g/mol. The molecule has 0 saturated heterocycles. The van der Waals surface area contributed by atoms with Gasteiger partial charge in [0.1, 0.15) is 0 Å². The molecule has 0 heterocycles. The van der Waals surface area contributed by atoms with Crippen molar-refractivity contribution in [2.45, 2.75) is 64.2 Å². The molecule has 0 unspecified atom stereocenters. The number of halogens is 1. The fraction of sp³-hybridized carbons (Fsp3) is 1.00. The van der Waals surface area contributed by atoms with Crippen LogP contribution in [0, 0.1) is 0 Å². The zero-order chi connectivity index (χ0) is 32.0. The molecule has 0 N–H and O–H groups in total. The Balaban J connectivity index is 0. The van der Waals surface area contributed by atoms with Crippen LogP contribution in [-0.4, -0.2) is 32.1 Å². The maximum atomic E-state index is 8.11. The van der Waals surface area contributed by atoms with Crippen LogP contribution in [0.4, 0.5) is 0 Å². The van der Waals surface area contributed by atoms with E-state index in [0.717, 1.165) is 21.1 Å². The molecular formula is C14H32ClN. The van der Waals surface area contributed by atoms with E-state index in [4.69, 9.17) is 31.5 Å². The first kappa shape index (κ1) is 2.72. The molecule has 2 heteroatoms. The molecule has 0 aliphatic rings. The molecule has 0 aliphatic carbocycles. The van der Waals surface area contributed by atoms with Gasteiger partial charge < -0.3 is 16.9 Å². The van der Waals surface area contributed by atoms with Gasteiger partial charge in [-0.05, 0) is 12.7 Å². The summed E-state index contributed by atoms with van der Waals surface area (Å²) in [5.41, 5.74) is 0. The molecule has 0 atom stereocenters. The van der Waals surface area contributed by atoms with E-state index in [9.17, 15) is 0 Å². The highest BCUT2D eigenvalue weighted by Crippen LogP contribution is 2.10. The minimum Gasteiger partial charge on any atom is -1.00 e. The Kier molecular flexibility index (Phi) is 2.00. The first-order valence-corrected chi connectivity index (χ1v) is 4.07. The van der Waals surface area contributed by atoms with Crippen LogP contribution in [0.2, 0.25) is 0 Å². The average molecular weight is 273 g/mol. The third-order valence-corrected chi connectivity index (χ3v) is 0.891. The molecule has 0 radical (unpaired) electrons. The van der Waals surface area contributed by atoms with E-state index in [0.29, 0.717) is 0 Å². The van der Waals surface area contributed by atoms with Crippen LogP contribution in [0.3, 0.4) is 0 Å². The van der Waals surface area contributed by atoms with Crippen LogP contribution in [0.5, 0.6) is 0 Å².